The van der Waals surface area contributed by atoms with Gasteiger partial charge in [-0.25, -0.2) is 0 Å². The minimum Gasteiger partial charge on any atom is -0.387 e. The number of imidazole rings is 2. The Bertz CT molecular complexity index is 1670. The van der Waals surface area contributed by atoms with Gasteiger partial charge in [-0.05, 0) is 62.6 Å². The standard InChI is InChI=1S/C23H22N3O.C10H9N2.Ir/c1-14-11-17(4)22(18(5)12-14)26-13-20(21-15(2)7-6-8-16(21)3)24-23(26)19-9-10-27-25-19;1-12-8-7-11-10(12)9-5-3-2-4-6-9;/h6-8,10-13H,1-5H3;2-5,7-8H,1H3;/q2*-1;. The van der Waals surface area contributed by atoms with Crippen molar-refractivity contribution in [2.45, 2.75) is 34.6 Å². The molecule has 6 rings (SSSR count). The molecular formula is C33H31IrN5O-2. The van der Waals surface area contributed by atoms with Gasteiger partial charge in [0.1, 0.15) is 0 Å². The Hall–Kier alpha value is -4.06. The Morgan fingerprint density at radius 3 is 2.12 bits per heavy atom. The van der Waals surface area contributed by atoms with Gasteiger partial charge in [-0.15, -0.1) is 41.1 Å². The normalized spacial score (nSPS) is 10.6. The summed E-state index contributed by atoms with van der Waals surface area (Å²) in [5.41, 5.74) is 10.9. The van der Waals surface area contributed by atoms with E-state index >= 15 is 0 Å². The quantitative estimate of drug-likeness (QED) is 0.179. The molecule has 0 aliphatic heterocycles. The van der Waals surface area contributed by atoms with Crippen LogP contribution in [0.15, 0.2) is 84.0 Å². The summed E-state index contributed by atoms with van der Waals surface area (Å²) in [6, 6.07) is 24.7. The summed E-state index contributed by atoms with van der Waals surface area (Å²) in [4.78, 5) is 9.15. The second kappa shape index (κ2) is 12.4. The van der Waals surface area contributed by atoms with Crippen LogP contribution in [0.4, 0.5) is 0 Å². The van der Waals surface area contributed by atoms with Crippen LogP contribution in [0.2, 0.25) is 0 Å². The largest absolute Gasteiger partial charge is 0.387 e. The fourth-order valence-electron chi connectivity index (χ4n) is 5.06. The zero-order valence-corrected chi connectivity index (χ0v) is 25.9. The predicted molar refractivity (Wildman–Crippen MR) is 154 cm³/mol. The Kier molecular flexibility index (Phi) is 8.98. The van der Waals surface area contributed by atoms with Crippen LogP contribution >= 0.6 is 0 Å². The third kappa shape index (κ3) is 5.91. The van der Waals surface area contributed by atoms with Crippen molar-refractivity contribution in [3.63, 3.8) is 0 Å². The van der Waals surface area contributed by atoms with E-state index in [0.717, 1.165) is 34.2 Å². The molecule has 0 fully saturated rings. The smallest absolute Gasteiger partial charge is 0.0672 e. The Morgan fingerprint density at radius 1 is 0.825 bits per heavy atom. The van der Waals surface area contributed by atoms with Crippen LogP contribution in [0, 0.1) is 46.8 Å². The Labute approximate surface area is 249 Å². The molecule has 0 amide bonds. The van der Waals surface area contributed by atoms with Crippen molar-refractivity contribution in [3.05, 3.63) is 119 Å². The number of benzene rings is 3. The maximum Gasteiger partial charge on any atom is 0.0672 e. The van der Waals surface area contributed by atoms with E-state index in [4.69, 9.17) is 9.51 Å². The molecule has 0 bridgehead atoms. The van der Waals surface area contributed by atoms with E-state index in [1.54, 1.807) is 6.20 Å². The van der Waals surface area contributed by atoms with E-state index in [2.05, 4.69) is 98.0 Å². The van der Waals surface area contributed by atoms with Gasteiger partial charge < -0.3 is 18.6 Å². The monoisotopic (exact) mass is 706 g/mol. The molecule has 6 aromatic rings. The minimum atomic E-state index is 0. The molecular weight excluding hydrogens is 675 g/mol. The van der Waals surface area contributed by atoms with E-state index < -0.39 is 0 Å². The third-order valence-corrected chi connectivity index (χ3v) is 6.69. The first-order chi connectivity index (χ1) is 18.8. The maximum atomic E-state index is 5.04. The summed E-state index contributed by atoms with van der Waals surface area (Å²) in [5.74, 6) is 1.69. The number of aryl methyl sites for hydroxylation is 6. The second-order valence-corrected chi connectivity index (χ2v) is 9.78. The number of nitrogens with zero attached hydrogens (tertiary/aromatic N) is 5. The van der Waals surface area contributed by atoms with Crippen LogP contribution < -0.4 is 0 Å². The molecule has 3 aromatic heterocycles. The number of aromatic nitrogens is 5. The van der Waals surface area contributed by atoms with Crippen LogP contribution in [0.5, 0.6) is 0 Å². The van der Waals surface area contributed by atoms with E-state index in [1.165, 1.54) is 34.1 Å². The first-order valence-electron chi connectivity index (χ1n) is 12.8. The average Bonchev–Trinajstić information content (AvgIpc) is 3.66. The number of hydrogen-bond acceptors (Lipinski definition) is 4. The zero-order chi connectivity index (χ0) is 27.5. The summed E-state index contributed by atoms with van der Waals surface area (Å²) in [5, 5.41) is 4.09. The molecule has 0 N–H and O–H groups in total. The second-order valence-electron chi connectivity index (χ2n) is 9.78. The van der Waals surface area contributed by atoms with Gasteiger partial charge in [0, 0.05) is 69.1 Å². The molecule has 0 saturated heterocycles. The molecule has 205 valence electrons. The molecule has 3 aromatic carbocycles. The SMILES string of the molecule is Cc1cc(C)c(-n2cc(-c3c(C)cccc3C)nc2-c2[c-]con2)c(C)c1.Cn1ccnc1-c1[c-]cccc1.[Ir]. The molecule has 0 atom stereocenters. The summed E-state index contributed by atoms with van der Waals surface area (Å²) in [7, 11) is 1.98. The van der Waals surface area contributed by atoms with E-state index in [0.29, 0.717) is 5.69 Å². The van der Waals surface area contributed by atoms with Gasteiger partial charge in [0.2, 0.25) is 0 Å². The van der Waals surface area contributed by atoms with Crippen molar-refractivity contribution in [1.29, 1.82) is 0 Å². The van der Waals surface area contributed by atoms with Crippen LogP contribution in [0.3, 0.4) is 0 Å². The van der Waals surface area contributed by atoms with Crippen LogP contribution in [0.25, 0.3) is 39.9 Å². The van der Waals surface area contributed by atoms with Crippen LogP contribution in [-0.2, 0) is 27.2 Å². The van der Waals surface area contributed by atoms with Gasteiger partial charge in [-0.3, -0.25) is 4.98 Å². The predicted octanol–water partition coefficient (Wildman–Crippen LogP) is 7.42. The van der Waals surface area contributed by atoms with Gasteiger partial charge >= 0.3 is 0 Å². The average molecular weight is 706 g/mol. The van der Waals surface area contributed by atoms with Crippen LogP contribution in [0.1, 0.15) is 27.8 Å². The first kappa shape index (κ1) is 28.9. The summed E-state index contributed by atoms with van der Waals surface area (Å²) >= 11 is 0. The van der Waals surface area contributed by atoms with Crippen LogP contribution in [-0.4, -0.2) is 24.3 Å². The van der Waals surface area contributed by atoms with E-state index in [9.17, 15) is 0 Å². The van der Waals surface area contributed by atoms with E-state index in [1.807, 2.05) is 42.1 Å². The van der Waals surface area contributed by atoms with Gasteiger partial charge in [-0.2, -0.15) is 6.07 Å². The summed E-state index contributed by atoms with van der Waals surface area (Å²) in [6.45, 7) is 10.6. The Morgan fingerprint density at radius 2 is 1.55 bits per heavy atom. The van der Waals surface area contributed by atoms with Gasteiger partial charge in [-0.1, -0.05) is 35.9 Å². The van der Waals surface area contributed by atoms with Gasteiger partial charge in [0.05, 0.1) is 11.5 Å². The van der Waals surface area contributed by atoms with Gasteiger partial charge in [0.25, 0.3) is 0 Å². The number of rotatable bonds is 4. The van der Waals surface area contributed by atoms with Crippen molar-refractivity contribution in [2.24, 2.45) is 7.05 Å². The fourth-order valence-corrected chi connectivity index (χ4v) is 5.06. The molecule has 1 radical (unpaired) electrons. The fraction of sp³-hybridized carbons (Fsp3) is 0.182. The summed E-state index contributed by atoms with van der Waals surface area (Å²) < 4.78 is 9.13. The molecule has 0 aliphatic rings. The summed E-state index contributed by atoms with van der Waals surface area (Å²) in [6.07, 6.45) is 7.27. The third-order valence-electron chi connectivity index (χ3n) is 6.69. The molecule has 6 nitrogen and oxygen atoms in total. The minimum absolute atomic E-state index is 0. The molecule has 7 heteroatoms. The van der Waals surface area contributed by atoms with E-state index in [-0.39, 0.29) is 20.1 Å². The maximum absolute atomic E-state index is 5.04. The van der Waals surface area contributed by atoms with Crippen molar-refractivity contribution >= 4 is 0 Å². The molecule has 40 heavy (non-hydrogen) atoms. The Balaban J connectivity index is 0.000000238. The molecule has 0 unspecified atom stereocenters. The zero-order valence-electron chi connectivity index (χ0n) is 23.5. The topological polar surface area (TPSA) is 61.7 Å². The first-order valence-corrected chi connectivity index (χ1v) is 12.8. The molecule has 0 saturated carbocycles. The molecule has 0 aliphatic carbocycles. The molecule has 3 heterocycles. The van der Waals surface area contributed by atoms with Crippen molar-refractivity contribution in [3.8, 4) is 39.9 Å². The van der Waals surface area contributed by atoms with Crippen molar-refractivity contribution in [1.82, 2.24) is 24.3 Å². The molecule has 0 spiro atoms. The van der Waals surface area contributed by atoms with Crippen molar-refractivity contribution < 1.29 is 24.6 Å². The number of hydrogen-bond donors (Lipinski definition) is 0. The van der Waals surface area contributed by atoms with Crippen molar-refractivity contribution in [2.75, 3.05) is 0 Å². The van der Waals surface area contributed by atoms with Gasteiger partial charge in [0.15, 0.2) is 0 Å².